The summed E-state index contributed by atoms with van der Waals surface area (Å²) in [4.78, 5) is 17.1. The van der Waals surface area contributed by atoms with E-state index in [-0.39, 0.29) is 0 Å². The predicted octanol–water partition coefficient (Wildman–Crippen LogP) is 1.67. The molecule has 4 rings (SSSR count). The molecule has 2 aliphatic rings. The molecule has 0 amide bonds. The lowest BCUT2D eigenvalue weighted by atomic mass is 9.96. The molecule has 0 spiro atoms. The topological polar surface area (TPSA) is 72.8 Å². The van der Waals surface area contributed by atoms with Crippen molar-refractivity contribution in [3.8, 4) is 11.4 Å². The Morgan fingerprint density at radius 1 is 1.10 bits per heavy atom. The first kappa shape index (κ1) is 11.7. The molecule has 0 aromatic carbocycles. The molecule has 2 aromatic rings. The van der Waals surface area contributed by atoms with Crippen LogP contribution in [-0.2, 0) is 4.74 Å². The fraction of sp³-hybridized carbons (Fsp3) is 0.429. The molecule has 0 radical (unpaired) electrons. The maximum absolute atomic E-state index is 5.83. The van der Waals surface area contributed by atoms with E-state index in [4.69, 9.17) is 4.74 Å². The standard InChI is InChI=1S/C14H15N5O/c1-2-13-11(7-9(1)20-13)19-14-17-4-3-10(18-14)12-8-15-5-6-16-12/h3-6,8-9,11,13H,1-2,7H2,(H,17,18,19). The van der Waals surface area contributed by atoms with Crippen LogP contribution in [0.3, 0.4) is 0 Å². The van der Waals surface area contributed by atoms with Crippen molar-refractivity contribution in [3.05, 3.63) is 30.9 Å². The fourth-order valence-electron chi connectivity index (χ4n) is 2.96. The first-order valence-corrected chi connectivity index (χ1v) is 6.90. The van der Waals surface area contributed by atoms with Crippen LogP contribution in [0.2, 0.25) is 0 Å². The van der Waals surface area contributed by atoms with E-state index in [9.17, 15) is 0 Å². The fourth-order valence-corrected chi connectivity index (χ4v) is 2.96. The van der Waals surface area contributed by atoms with Crippen molar-refractivity contribution in [3.63, 3.8) is 0 Å². The largest absolute Gasteiger partial charge is 0.373 e. The zero-order chi connectivity index (χ0) is 13.4. The number of rotatable bonds is 3. The zero-order valence-electron chi connectivity index (χ0n) is 10.9. The van der Waals surface area contributed by atoms with Crippen LogP contribution in [0.5, 0.6) is 0 Å². The van der Waals surface area contributed by atoms with Gasteiger partial charge < -0.3 is 10.1 Å². The lowest BCUT2D eigenvalue weighted by molar-refractivity contribution is 0.102. The highest BCUT2D eigenvalue weighted by Gasteiger charge is 2.40. The highest BCUT2D eigenvalue weighted by Crippen LogP contribution is 2.35. The van der Waals surface area contributed by atoms with Crippen molar-refractivity contribution in [2.24, 2.45) is 0 Å². The molecule has 3 unspecified atom stereocenters. The summed E-state index contributed by atoms with van der Waals surface area (Å²) in [6.07, 6.45) is 10.8. The average molecular weight is 269 g/mol. The number of hydrogen-bond acceptors (Lipinski definition) is 6. The van der Waals surface area contributed by atoms with Crippen LogP contribution in [0, 0.1) is 0 Å². The molecule has 2 fully saturated rings. The Morgan fingerprint density at radius 2 is 2.10 bits per heavy atom. The summed E-state index contributed by atoms with van der Waals surface area (Å²) < 4.78 is 5.83. The third-order valence-electron chi connectivity index (χ3n) is 3.90. The minimum atomic E-state index is 0.309. The van der Waals surface area contributed by atoms with Gasteiger partial charge in [0, 0.05) is 18.6 Å². The van der Waals surface area contributed by atoms with Crippen LogP contribution in [0.4, 0.5) is 5.95 Å². The van der Waals surface area contributed by atoms with Crippen LogP contribution in [0.1, 0.15) is 19.3 Å². The Balaban J connectivity index is 1.54. The molecule has 6 nitrogen and oxygen atoms in total. The SMILES string of the molecule is c1cnc(-c2ccnc(NC3CC4CCC3O4)n2)cn1. The summed E-state index contributed by atoms with van der Waals surface area (Å²) in [6, 6.07) is 2.16. The minimum Gasteiger partial charge on any atom is -0.373 e. The second-order valence-electron chi connectivity index (χ2n) is 5.22. The van der Waals surface area contributed by atoms with Crippen LogP contribution in [0.25, 0.3) is 11.4 Å². The quantitative estimate of drug-likeness (QED) is 0.913. The van der Waals surface area contributed by atoms with E-state index in [1.165, 1.54) is 6.42 Å². The summed E-state index contributed by atoms with van der Waals surface area (Å²) >= 11 is 0. The van der Waals surface area contributed by atoms with E-state index < -0.39 is 0 Å². The Labute approximate surface area is 116 Å². The van der Waals surface area contributed by atoms with Gasteiger partial charge in [-0.3, -0.25) is 9.97 Å². The van der Waals surface area contributed by atoms with Gasteiger partial charge in [-0.1, -0.05) is 0 Å². The number of anilines is 1. The Morgan fingerprint density at radius 3 is 2.85 bits per heavy atom. The van der Waals surface area contributed by atoms with Gasteiger partial charge in [0.05, 0.1) is 30.1 Å². The number of hydrogen-bond donors (Lipinski definition) is 1. The summed E-state index contributed by atoms with van der Waals surface area (Å²) in [5.41, 5.74) is 1.53. The van der Waals surface area contributed by atoms with Crippen molar-refractivity contribution < 1.29 is 4.74 Å². The smallest absolute Gasteiger partial charge is 0.223 e. The molecule has 3 atom stereocenters. The molecule has 0 aliphatic carbocycles. The van der Waals surface area contributed by atoms with E-state index in [1.54, 1.807) is 24.8 Å². The molecule has 6 heteroatoms. The summed E-state index contributed by atoms with van der Waals surface area (Å²) in [5, 5.41) is 3.39. The second kappa shape index (κ2) is 4.79. The molecule has 20 heavy (non-hydrogen) atoms. The molecule has 2 aliphatic heterocycles. The first-order chi connectivity index (χ1) is 9.88. The molecular weight excluding hydrogens is 254 g/mol. The molecule has 2 saturated heterocycles. The third-order valence-corrected chi connectivity index (χ3v) is 3.90. The van der Waals surface area contributed by atoms with Gasteiger partial charge in [-0.15, -0.1) is 0 Å². The van der Waals surface area contributed by atoms with E-state index in [2.05, 4.69) is 25.3 Å². The average Bonchev–Trinajstić information content (AvgIpc) is 3.11. The van der Waals surface area contributed by atoms with Crippen LogP contribution in [-0.4, -0.2) is 38.2 Å². The molecule has 102 valence electrons. The Kier molecular flexibility index (Phi) is 2.81. The highest BCUT2D eigenvalue weighted by atomic mass is 16.5. The van der Waals surface area contributed by atoms with Gasteiger partial charge in [0.25, 0.3) is 0 Å². The Hall–Kier alpha value is -2.08. The number of nitrogens with zero attached hydrogens (tertiary/aromatic N) is 4. The van der Waals surface area contributed by atoms with Crippen molar-refractivity contribution in [1.29, 1.82) is 0 Å². The van der Waals surface area contributed by atoms with Gasteiger partial charge in [0.15, 0.2) is 0 Å². The minimum absolute atomic E-state index is 0.309. The van der Waals surface area contributed by atoms with E-state index in [1.807, 2.05) is 6.07 Å². The lowest BCUT2D eigenvalue weighted by Gasteiger charge is -2.19. The Bertz CT molecular complexity index is 606. The summed E-state index contributed by atoms with van der Waals surface area (Å²) in [5.74, 6) is 0.634. The molecular formula is C14H15N5O. The van der Waals surface area contributed by atoms with E-state index >= 15 is 0 Å². The number of fused-ring (bicyclic) bond motifs is 2. The third kappa shape index (κ3) is 2.12. The van der Waals surface area contributed by atoms with Crippen molar-refractivity contribution >= 4 is 5.95 Å². The lowest BCUT2D eigenvalue weighted by Crippen LogP contribution is -2.31. The van der Waals surface area contributed by atoms with Gasteiger partial charge >= 0.3 is 0 Å². The molecule has 0 saturated carbocycles. The number of ether oxygens (including phenoxy) is 1. The monoisotopic (exact) mass is 269 g/mol. The van der Waals surface area contributed by atoms with Gasteiger partial charge in [0.2, 0.25) is 5.95 Å². The maximum Gasteiger partial charge on any atom is 0.223 e. The normalized spacial score (nSPS) is 27.7. The predicted molar refractivity (Wildman–Crippen MR) is 73.0 cm³/mol. The van der Waals surface area contributed by atoms with Gasteiger partial charge in [0.1, 0.15) is 5.69 Å². The van der Waals surface area contributed by atoms with Crippen molar-refractivity contribution in [1.82, 2.24) is 19.9 Å². The van der Waals surface area contributed by atoms with Crippen molar-refractivity contribution in [2.45, 2.75) is 37.5 Å². The molecule has 2 bridgehead atoms. The van der Waals surface area contributed by atoms with Crippen molar-refractivity contribution in [2.75, 3.05) is 5.32 Å². The van der Waals surface area contributed by atoms with Crippen LogP contribution >= 0.6 is 0 Å². The van der Waals surface area contributed by atoms with E-state index in [0.717, 1.165) is 24.2 Å². The highest BCUT2D eigenvalue weighted by molar-refractivity contribution is 5.53. The summed E-state index contributed by atoms with van der Waals surface area (Å²) in [7, 11) is 0. The van der Waals surface area contributed by atoms with Gasteiger partial charge in [-0.2, -0.15) is 0 Å². The number of aromatic nitrogens is 4. The first-order valence-electron chi connectivity index (χ1n) is 6.90. The van der Waals surface area contributed by atoms with Gasteiger partial charge in [-0.25, -0.2) is 9.97 Å². The van der Waals surface area contributed by atoms with Crippen LogP contribution < -0.4 is 5.32 Å². The van der Waals surface area contributed by atoms with E-state index in [0.29, 0.717) is 24.2 Å². The summed E-state index contributed by atoms with van der Waals surface area (Å²) in [6.45, 7) is 0. The number of nitrogens with one attached hydrogen (secondary N) is 1. The molecule has 2 aromatic heterocycles. The second-order valence-corrected chi connectivity index (χ2v) is 5.22. The van der Waals surface area contributed by atoms with Crippen LogP contribution in [0.15, 0.2) is 30.9 Å². The maximum atomic E-state index is 5.83. The molecule has 4 heterocycles. The zero-order valence-corrected chi connectivity index (χ0v) is 10.9. The molecule has 1 N–H and O–H groups in total. The van der Waals surface area contributed by atoms with Gasteiger partial charge in [-0.05, 0) is 25.3 Å².